The van der Waals surface area contributed by atoms with Gasteiger partial charge in [-0.15, -0.1) is 0 Å². The van der Waals surface area contributed by atoms with Gasteiger partial charge in [0.1, 0.15) is 0 Å². The predicted molar refractivity (Wildman–Crippen MR) is 53.0 cm³/mol. The molecule has 0 radical (unpaired) electrons. The van der Waals surface area contributed by atoms with Crippen molar-refractivity contribution in [3.63, 3.8) is 0 Å². The molecule has 1 saturated heterocycles. The van der Waals surface area contributed by atoms with Crippen molar-refractivity contribution in [1.29, 1.82) is 0 Å². The predicted octanol–water partition coefficient (Wildman–Crippen LogP) is 0.358. The first-order valence-electron chi connectivity index (χ1n) is 4.98. The molecule has 1 atom stereocenters. The third kappa shape index (κ3) is 2.83. The third-order valence-corrected chi connectivity index (χ3v) is 2.30. The van der Waals surface area contributed by atoms with E-state index in [4.69, 9.17) is 9.15 Å². The molecular weight excluding hydrogens is 180 g/mol. The van der Waals surface area contributed by atoms with Gasteiger partial charge < -0.3 is 19.8 Å². The first kappa shape index (κ1) is 9.71. The van der Waals surface area contributed by atoms with E-state index >= 15 is 0 Å². The summed E-state index contributed by atoms with van der Waals surface area (Å²) in [7, 11) is 0. The molecular formula is C10H16N2O2. The van der Waals surface area contributed by atoms with Crippen LogP contribution in [0, 0.1) is 0 Å². The van der Waals surface area contributed by atoms with Crippen LogP contribution in [0.25, 0.3) is 0 Å². The third-order valence-electron chi connectivity index (χ3n) is 2.30. The van der Waals surface area contributed by atoms with Crippen LogP contribution < -0.4 is 10.6 Å². The summed E-state index contributed by atoms with van der Waals surface area (Å²) >= 11 is 0. The maximum absolute atomic E-state index is 5.35. The second kappa shape index (κ2) is 5.14. The number of hydrogen-bond donors (Lipinski definition) is 2. The highest BCUT2D eigenvalue weighted by atomic mass is 16.5. The second-order valence-electron chi connectivity index (χ2n) is 3.49. The smallest absolute Gasteiger partial charge is 0.0947 e. The molecule has 14 heavy (non-hydrogen) atoms. The fourth-order valence-corrected chi connectivity index (χ4v) is 1.53. The summed E-state index contributed by atoms with van der Waals surface area (Å²) in [5, 5.41) is 6.74. The van der Waals surface area contributed by atoms with E-state index in [1.807, 2.05) is 6.07 Å². The Labute approximate surface area is 83.6 Å². The Morgan fingerprint density at radius 1 is 1.57 bits per heavy atom. The molecule has 1 aliphatic heterocycles. The standard InChI is InChI=1S/C10H16N2O2/c1-3-13-7-9(1)5-11-6-10-8-14-4-2-12-10/h1,3,7,10-12H,2,4-6,8H2. The van der Waals surface area contributed by atoms with Crippen LogP contribution in [0.15, 0.2) is 23.0 Å². The zero-order valence-electron chi connectivity index (χ0n) is 8.16. The zero-order valence-corrected chi connectivity index (χ0v) is 8.16. The van der Waals surface area contributed by atoms with Gasteiger partial charge in [-0.05, 0) is 6.07 Å². The van der Waals surface area contributed by atoms with E-state index in [9.17, 15) is 0 Å². The Morgan fingerprint density at radius 2 is 2.57 bits per heavy atom. The summed E-state index contributed by atoms with van der Waals surface area (Å²) in [6.07, 6.45) is 3.46. The normalized spacial score (nSPS) is 22.4. The topological polar surface area (TPSA) is 46.4 Å². The summed E-state index contributed by atoms with van der Waals surface area (Å²) < 4.78 is 10.3. The number of furan rings is 1. The van der Waals surface area contributed by atoms with Crippen molar-refractivity contribution in [3.05, 3.63) is 24.2 Å². The highest BCUT2D eigenvalue weighted by Gasteiger charge is 2.11. The number of morpholine rings is 1. The first-order valence-corrected chi connectivity index (χ1v) is 4.98. The van der Waals surface area contributed by atoms with Gasteiger partial charge in [0.05, 0.1) is 25.7 Å². The van der Waals surface area contributed by atoms with Crippen molar-refractivity contribution in [3.8, 4) is 0 Å². The van der Waals surface area contributed by atoms with Crippen molar-refractivity contribution < 1.29 is 9.15 Å². The highest BCUT2D eigenvalue weighted by molar-refractivity contribution is 5.04. The van der Waals surface area contributed by atoms with Crippen LogP contribution in [0.4, 0.5) is 0 Å². The largest absolute Gasteiger partial charge is 0.472 e. The van der Waals surface area contributed by atoms with Crippen LogP contribution in [0.1, 0.15) is 5.56 Å². The van der Waals surface area contributed by atoms with Gasteiger partial charge in [-0.25, -0.2) is 0 Å². The van der Waals surface area contributed by atoms with Gasteiger partial charge in [0.2, 0.25) is 0 Å². The molecule has 2 N–H and O–H groups in total. The van der Waals surface area contributed by atoms with Gasteiger partial charge in [-0.3, -0.25) is 0 Å². The van der Waals surface area contributed by atoms with Gasteiger partial charge in [-0.1, -0.05) is 0 Å². The maximum atomic E-state index is 5.35. The van der Waals surface area contributed by atoms with Gasteiger partial charge >= 0.3 is 0 Å². The minimum Gasteiger partial charge on any atom is -0.472 e. The molecule has 1 aromatic heterocycles. The van der Waals surface area contributed by atoms with Crippen LogP contribution >= 0.6 is 0 Å². The van der Waals surface area contributed by atoms with Crippen LogP contribution in [0.3, 0.4) is 0 Å². The van der Waals surface area contributed by atoms with Gasteiger partial charge in [-0.2, -0.15) is 0 Å². The van der Waals surface area contributed by atoms with Crippen molar-refractivity contribution in [2.45, 2.75) is 12.6 Å². The fourth-order valence-electron chi connectivity index (χ4n) is 1.53. The Bertz CT molecular complexity index is 243. The summed E-state index contributed by atoms with van der Waals surface area (Å²) in [5.41, 5.74) is 1.18. The second-order valence-corrected chi connectivity index (χ2v) is 3.49. The quantitative estimate of drug-likeness (QED) is 0.730. The molecule has 1 aliphatic rings. The molecule has 1 fully saturated rings. The number of hydrogen-bond acceptors (Lipinski definition) is 4. The highest BCUT2D eigenvalue weighted by Crippen LogP contribution is 1.99. The van der Waals surface area contributed by atoms with E-state index in [-0.39, 0.29) is 0 Å². The van der Waals surface area contributed by atoms with Crippen molar-refractivity contribution in [1.82, 2.24) is 10.6 Å². The van der Waals surface area contributed by atoms with Crippen LogP contribution in [0.2, 0.25) is 0 Å². The lowest BCUT2D eigenvalue weighted by Crippen LogP contribution is -2.47. The monoisotopic (exact) mass is 196 g/mol. The summed E-state index contributed by atoms with van der Waals surface area (Å²) in [5.74, 6) is 0. The van der Waals surface area contributed by atoms with Gasteiger partial charge in [0.25, 0.3) is 0 Å². The average Bonchev–Trinajstić information content (AvgIpc) is 2.72. The summed E-state index contributed by atoms with van der Waals surface area (Å²) in [6, 6.07) is 2.41. The van der Waals surface area contributed by atoms with E-state index in [0.29, 0.717) is 6.04 Å². The lowest BCUT2D eigenvalue weighted by atomic mass is 10.2. The first-order chi connectivity index (χ1) is 6.95. The Balaban J connectivity index is 1.62. The van der Waals surface area contributed by atoms with E-state index in [1.54, 1.807) is 12.5 Å². The molecule has 1 aromatic rings. The van der Waals surface area contributed by atoms with Gasteiger partial charge in [0, 0.05) is 31.2 Å². The van der Waals surface area contributed by atoms with Crippen LogP contribution in [-0.2, 0) is 11.3 Å². The number of nitrogens with one attached hydrogen (secondary N) is 2. The Morgan fingerprint density at radius 3 is 3.29 bits per heavy atom. The molecule has 2 rings (SSSR count). The van der Waals surface area contributed by atoms with E-state index < -0.39 is 0 Å². The number of rotatable bonds is 4. The van der Waals surface area contributed by atoms with Crippen LogP contribution in [0.5, 0.6) is 0 Å². The summed E-state index contributed by atoms with van der Waals surface area (Å²) in [4.78, 5) is 0. The van der Waals surface area contributed by atoms with Gasteiger partial charge in [0.15, 0.2) is 0 Å². The minimum atomic E-state index is 0.440. The van der Waals surface area contributed by atoms with Crippen molar-refractivity contribution >= 4 is 0 Å². The van der Waals surface area contributed by atoms with Crippen LogP contribution in [-0.4, -0.2) is 32.3 Å². The minimum absolute atomic E-state index is 0.440. The average molecular weight is 196 g/mol. The molecule has 0 spiro atoms. The Hall–Kier alpha value is -0.840. The van der Waals surface area contributed by atoms with E-state index in [2.05, 4.69) is 10.6 Å². The van der Waals surface area contributed by atoms with E-state index in [0.717, 1.165) is 32.8 Å². The van der Waals surface area contributed by atoms with E-state index in [1.165, 1.54) is 5.56 Å². The molecule has 1 unspecified atom stereocenters. The molecule has 4 heteroatoms. The molecule has 2 heterocycles. The molecule has 0 aromatic carbocycles. The van der Waals surface area contributed by atoms with Crippen molar-refractivity contribution in [2.75, 3.05) is 26.3 Å². The molecule has 78 valence electrons. The fraction of sp³-hybridized carbons (Fsp3) is 0.600. The molecule has 0 saturated carbocycles. The molecule has 0 amide bonds. The lowest BCUT2D eigenvalue weighted by molar-refractivity contribution is 0.0766. The maximum Gasteiger partial charge on any atom is 0.0947 e. The number of ether oxygens (including phenoxy) is 1. The molecule has 4 nitrogen and oxygen atoms in total. The SMILES string of the molecule is c1cc(CNCC2COCCN2)co1. The molecule has 0 aliphatic carbocycles. The van der Waals surface area contributed by atoms with Crippen molar-refractivity contribution in [2.24, 2.45) is 0 Å². The lowest BCUT2D eigenvalue weighted by Gasteiger charge is -2.23. The zero-order chi connectivity index (χ0) is 9.64. The molecule has 0 bridgehead atoms. The summed E-state index contributed by atoms with van der Waals surface area (Å²) in [6.45, 7) is 4.38. The Kier molecular flexibility index (Phi) is 3.57.